The van der Waals surface area contributed by atoms with Crippen LogP contribution < -0.4 is 16.8 Å². The van der Waals surface area contributed by atoms with Crippen LogP contribution in [-0.2, 0) is 9.59 Å². The highest BCUT2D eigenvalue weighted by Gasteiger charge is 2.10. The predicted molar refractivity (Wildman–Crippen MR) is 54.3 cm³/mol. The molecule has 0 rings (SSSR count). The molecule has 5 nitrogen and oxygen atoms in total. The van der Waals surface area contributed by atoms with Gasteiger partial charge in [-0.25, -0.2) is 0 Å². The van der Waals surface area contributed by atoms with E-state index in [0.29, 0.717) is 25.8 Å². The summed E-state index contributed by atoms with van der Waals surface area (Å²) < 4.78 is 0. The molecule has 5 N–H and O–H groups in total. The second-order valence-electron chi connectivity index (χ2n) is 3.26. The van der Waals surface area contributed by atoms with E-state index in [9.17, 15) is 9.59 Å². The van der Waals surface area contributed by atoms with Crippen LogP contribution in [0.5, 0.6) is 0 Å². The molecule has 0 aromatic heterocycles. The maximum Gasteiger partial charge on any atom is 0.236 e. The number of hydrogen-bond donors (Lipinski definition) is 3. The number of carbonyl (C=O) groups excluding carboxylic acids is 2. The van der Waals surface area contributed by atoms with Crippen molar-refractivity contribution in [1.82, 2.24) is 5.32 Å². The van der Waals surface area contributed by atoms with E-state index in [1.54, 1.807) is 0 Å². The monoisotopic (exact) mass is 201 g/mol. The van der Waals surface area contributed by atoms with Gasteiger partial charge in [0.25, 0.3) is 0 Å². The summed E-state index contributed by atoms with van der Waals surface area (Å²) in [5.41, 5.74) is 10.5. The molecule has 0 aromatic rings. The molecular weight excluding hydrogens is 182 g/mol. The van der Waals surface area contributed by atoms with Crippen LogP contribution in [0.3, 0.4) is 0 Å². The van der Waals surface area contributed by atoms with E-state index in [1.807, 2.05) is 6.92 Å². The van der Waals surface area contributed by atoms with E-state index in [-0.39, 0.29) is 11.8 Å². The lowest BCUT2D eigenvalue weighted by Crippen LogP contribution is -2.40. The normalized spacial score (nSPS) is 12.1. The fourth-order valence-electron chi connectivity index (χ4n) is 1.05. The van der Waals surface area contributed by atoms with Crippen molar-refractivity contribution in [2.24, 2.45) is 11.5 Å². The first-order valence-corrected chi connectivity index (χ1v) is 4.89. The second kappa shape index (κ2) is 7.32. The van der Waals surface area contributed by atoms with Crippen molar-refractivity contribution in [2.75, 3.05) is 6.54 Å². The third-order valence-electron chi connectivity index (χ3n) is 1.84. The standard InChI is InChI=1S/C9H19N3O2/c1-2-4-7(10)9(14)12-6-3-5-8(11)13/h7H,2-6,10H2,1H3,(H2,11,13)(H,12,14). The number of amides is 2. The van der Waals surface area contributed by atoms with E-state index in [1.165, 1.54) is 0 Å². The maximum absolute atomic E-state index is 11.2. The van der Waals surface area contributed by atoms with Crippen LogP contribution >= 0.6 is 0 Å². The number of primary amides is 1. The molecule has 0 radical (unpaired) electrons. The van der Waals surface area contributed by atoms with Gasteiger partial charge < -0.3 is 16.8 Å². The first-order chi connectivity index (χ1) is 6.57. The number of hydrogen-bond acceptors (Lipinski definition) is 3. The molecule has 82 valence electrons. The molecule has 5 heteroatoms. The molecule has 1 atom stereocenters. The Morgan fingerprint density at radius 2 is 2.07 bits per heavy atom. The lowest BCUT2D eigenvalue weighted by molar-refractivity contribution is -0.123. The van der Waals surface area contributed by atoms with Crippen LogP contribution in [0, 0.1) is 0 Å². The predicted octanol–water partition coefficient (Wildman–Crippen LogP) is -0.504. The lowest BCUT2D eigenvalue weighted by atomic mass is 10.1. The van der Waals surface area contributed by atoms with E-state index >= 15 is 0 Å². The molecule has 0 aliphatic heterocycles. The third kappa shape index (κ3) is 6.42. The van der Waals surface area contributed by atoms with Crippen LogP contribution in [0.1, 0.15) is 32.6 Å². The smallest absolute Gasteiger partial charge is 0.236 e. The van der Waals surface area contributed by atoms with Crippen LogP contribution in [-0.4, -0.2) is 24.4 Å². The number of nitrogens with one attached hydrogen (secondary N) is 1. The highest BCUT2D eigenvalue weighted by atomic mass is 16.2. The molecule has 0 aromatic carbocycles. The zero-order valence-electron chi connectivity index (χ0n) is 8.58. The van der Waals surface area contributed by atoms with Crippen molar-refractivity contribution in [2.45, 2.75) is 38.6 Å². The van der Waals surface area contributed by atoms with E-state index in [2.05, 4.69) is 5.32 Å². The van der Waals surface area contributed by atoms with Gasteiger partial charge in [-0.15, -0.1) is 0 Å². The fourth-order valence-corrected chi connectivity index (χ4v) is 1.05. The van der Waals surface area contributed by atoms with Crippen molar-refractivity contribution in [3.8, 4) is 0 Å². The molecule has 0 aliphatic carbocycles. The Morgan fingerprint density at radius 1 is 1.43 bits per heavy atom. The fraction of sp³-hybridized carbons (Fsp3) is 0.778. The van der Waals surface area contributed by atoms with Gasteiger partial charge in [-0.3, -0.25) is 9.59 Å². The average molecular weight is 201 g/mol. The van der Waals surface area contributed by atoms with Gasteiger partial charge in [0.2, 0.25) is 11.8 Å². The Hall–Kier alpha value is -1.10. The first-order valence-electron chi connectivity index (χ1n) is 4.89. The van der Waals surface area contributed by atoms with Gasteiger partial charge in [-0.2, -0.15) is 0 Å². The summed E-state index contributed by atoms with van der Waals surface area (Å²) in [5.74, 6) is -0.506. The van der Waals surface area contributed by atoms with Gasteiger partial charge in [0, 0.05) is 13.0 Å². The average Bonchev–Trinajstić information content (AvgIpc) is 2.12. The Balaban J connectivity index is 3.48. The van der Waals surface area contributed by atoms with Crippen LogP contribution in [0.4, 0.5) is 0 Å². The largest absolute Gasteiger partial charge is 0.370 e. The molecule has 0 spiro atoms. The Bertz CT molecular complexity index is 194. The quantitative estimate of drug-likeness (QED) is 0.484. The topological polar surface area (TPSA) is 98.2 Å². The molecule has 0 saturated carbocycles. The van der Waals surface area contributed by atoms with E-state index in [4.69, 9.17) is 11.5 Å². The second-order valence-corrected chi connectivity index (χ2v) is 3.26. The highest BCUT2D eigenvalue weighted by Crippen LogP contribution is 1.93. The molecule has 0 heterocycles. The zero-order chi connectivity index (χ0) is 11.0. The van der Waals surface area contributed by atoms with Crippen molar-refractivity contribution >= 4 is 11.8 Å². The van der Waals surface area contributed by atoms with E-state index < -0.39 is 6.04 Å². The third-order valence-corrected chi connectivity index (χ3v) is 1.84. The summed E-state index contributed by atoms with van der Waals surface area (Å²) in [5, 5.41) is 2.65. The number of nitrogens with two attached hydrogens (primary N) is 2. The van der Waals surface area contributed by atoms with Crippen molar-refractivity contribution in [1.29, 1.82) is 0 Å². The minimum Gasteiger partial charge on any atom is -0.370 e. The Kier molecular flexibility index (Phi) is 6.74. The molecule has 0 aliphatic rings. The molecular formula is C9H19N3O2. The van der Waals surface area contributed by atoms with Gasteiger partial charge in [0.15, 0.2) is 0 Å². The Morgan fingerprint density at radius 3 is 2.57 bits per heavy atom. The minimum absolute atomic E-state index is 0.156. The molecule has 14 heavy (non-hydrogen) atoms. The summed E-state index contributed by atoms with van der Waals surface area (Å²) in [4.78, 5) is 21.6. The van der Waals surface area contributed by atoms with Crippen LogP contribution in [0.25, 0.3) is 0 Å². The van der Waals surface area contributed by atoms with E-state index in [0.717, 1.165) is 6.42 Å². The van der Waals surface area contributed by atoms with Gasteiger partial charge in [0.1, 0.15) is 0 Å². The molecule has 2 amide bonds. The maximum atomic E-state index is 11.2. The number of carbonyl (C=O) groups is 2. The highest BCUT2D eigenvalue weighted by molar-refractivity contribution is 5.81. The summed E-state index contributed by atoms with van der Waals surface area (Å²) in [7, 11) is 0. The minimum atomic E-state index is -0.437. The van der Waals surface area contributed by atoms with Gasteiger partial charge in [0.05, 0.1) is 6.04 Å². The lowest BCUT2D eigenvalue weighted by Gasteiger charge is -2.10. The summed E-state index contributed by atoms with van der Waals surface area (Å²) in [6.45, 7) is 2.43. The first kappa shape index (κ1) is 12.9. The molecule has 0 bridgehead atoms. The molecule has 0 fully saturated rings. The molecule has 1 unspecified atom stereocenters. The van der Waals surface area contributed by atoms with Crippen LogP contribution in [0.15, 0.2) is 0 Å². The molecule has 0 saturated heterocycles. The van der Waals surface area contributed by atoms with Crippen LogP contribution in [0.2, 0.25) is 0 Å². The van der Waals surface area contributed by atoms with Gasteiger partial charge >= 0.3 is 0 Å². The summed E-state index contributed by atoms with van der Waals surface area (Å²) in [6, 6.07) is -0.437. The van der Waals surface area contributed by atoms with Crippen molar-refractivity contribution in [3.63, 3.8) is 0 Å². The van der Waals surface area contributed by atoms with Gasteiger partial charge in [-0.1, -0.05) is 13.3 Å². The number of rotatable bonds is 7. The Labute approximate surface area is 84.2 Å². The SMILES string of the molecule is CCCC(N)C(=O)NCCCC(N)=O. The van der Waals surface area contributed by atoms with Crippen molar-refractivity contribution in [3.05, 3.63) is 0 Å². The summed E-state index contributed by atoms with van der Waals surface area (Å²) in [6.07, 6.45) is 2.43. The summed E-state index contributed by atoms with van der Waals surface area (Å²) >= 11 is 0. The van der Waals surface area contributed by atoms with Gasteiger partial charge in [-0.05, 0) is 12.8 Å². The van der Waals surface area contributed by atoms with Crippen molar-refractivity contribution < 1.29 is 9.59 Å². The zero-order valence-corrected chi connectivity index (χ0v) is 8.58.